The largest absolute Gasteiger partial charge is 0.472 e. The van der Waals surface area contributed by atoms with Gasteiger partial charge in [-0.2, -0.15) is 0 Å². The Hall–Kier alpha value is -1.30. The predicted molar refractivity (Wildman–Crippen MR) is 76.7 cm³/mol. The second-order valence-electron chi connectivity index (χ2n) is 6.85. The van der Waals surface area contributed by atoms with Crippen molar-refractivity contribution in [3.8, 4) is 0 Å². The van der Waals surface area contributed by atoms with Gasteiger partial charge in [0.1, 0.15) is 17.7 Å². The van der Waals surface area contributed by atoms with E-state index in [1.807, 2.05) is 34.6 Å². The van der Waals surface area contributed by atoms with Crippen molar-refractivity contribution in [3.63, 3.8) is 0 Å². The van der Waals surface area contributed by atoms with E-state index < -0.39 is 5.60 Å². The average molecular weight is 283 g/mol. The maximum atomic E-state index is 12.0. The molecule has 114 valence electrons. The Kier molecular flexibility index (Phi) is 3.95. The van der Waals surface area contributed by atoms with Gasteiger partial charge < -0.3 is 20.1 Å². The van der Waals surface area contributed by atoms with Crippen molar-refractivity contribution in [1.82, 2.24) is 4.90 Å². The fraction of sp³-hybridized carbons (Fsp3) is 0.857. The zero-order valence-electron chi connectivity index (χ0n) is 12.9. The minimum atomic E-state index is -0.482. The third kappa shape index (κ3) is 3.23. The molecule has 20 heavy (non-hydrogen) atoms. The van der Waals surface area contributed by atoms with Crippen LogP contribution in [0.4, 0.5) is 4.79 Å². The van der Waals surface area contributed by atoms with Crippen molar-refractivity contribution in [1.29, 1.82) is 0 Å². The molecule has 1 saturated heterocycles. The van der Waals surface area contributed by atoms with Crippen molar-refractivity contribution in [2.24, 2.45) is 16.6 Å². The number of carbonyl (C=O) groups excluding carboxylic acids is 1. The average Bonchev–Trinajstić information content (AvgIpc) is 2.82. The summed E-state index contributed by atoms with van der Waals surface area (Å²) in [5, 5.41) is 0. The van der Waals surface area contributed by atoms with Crippen LogP contribution in [0.5, 0.6) is 0 Å². The number of nitrogens with zero attached hydrogens (tertiary/aromatic N) is 2. The summed E-state index contributed by atoms with van der Waals surface area (Å²) < 4.78 is 11.2. The lowest BCUT2D eigenvalue weighted by Gasteiger charge is -2.25. The van der Waals surface area contributed by atoms with Gasteiger partial charge in [0.2, 0.25) is 5.90 Å². The van der Waals surface area contributed by atoms with Gasteiger partial charge in [0, 0.05) is 0 Å². The molecule has 1 amide bonds. The molecule has 3 unspecified atom stereocenters. The van der Waals surface area contributed by atoms with Crippen molar-refractivity contribution in [2.45, 2.75) is 58.4 Å². The lowest BCUT2D eigenvalue weighted by atomic mass is 10.1. The van der Waals surface area contributed by atoms with E-state index in [0.717, 1.165) is 0 Å². The van der Waals surface area contributed by atoms with Crippen molar-refractivity contribution in [3.05, 3.63) is 0 Å². The zero-order chi connectivity index (χ0) is 15.1. The minimum absolute atomic E-state index is 0.0117. The van der Waals surface area contributed by atoms with Gasteiger partial charge in [-0.15, -0.1) is 0 Å². The van der Waals surface area contributed by atoms with E-state index in [1.165, 1.54) is 0 Å². The van der Waals surface area contributed by atoms with E-state index in [-0.39, 0.29) is 30.2 Å². The van der Waals surface area contributed by atoms with Crippen LogP contribution in [0, 0.1) is 5.92 Å². The molecule has 0 aromatic carbocycles. The maximum Gasteiger partial charge on any atom is 0.410 e. The van der Waals surface area contributed by atoms with Crippen LogP contribution in [-0.4, -0.2) is 53.8 Å². The number of rotatable bonds is 2. The summed E-state index contributed by atoms with van der Waals surface area (Å²) in [6, 6.07) is -0.183. The second-order valence-corrected chi connectivity index (χ2v) is 6.85. The molecule has 6 heteroatoms. The molecule has 0 radical (unpaired) electrons. The number of hydrogen-bond donors (Lipinski definition) is 1. The first-order valence-electron chi connectivity index (χ1n) is 7.15. The fourth-order valence-electron chi connectivity index (χ4n) is 2.27. The van der Waals surface area contributed by atoms with Crippen LogP contribution in [0.1, 0.15) is 34.6 Å². The highest BCUT2D eigenvalue weighted by Crippen LogP contribution is 2.26. The van der Waals surface area contributed by atoms with E-state index in [4.69, 9.17) is 15.2 Å². The van der Waals surface area contributed by atoms with Crippen LogP contribution in [-0.2, 0) is 9.47 Å². The van der Waals surface area contributed by atoms with E-state index in [1.54, 1.807) is 4.90 Å². The van der Waals surface area contributed by atoms with Gasteiger partial charge in [-0.1, -0.05) is 13.8 Å². The van der Waals surface area contributed by atoms with Gasteiger partial charge in [0.15, 0.2) is 0 Å². The first-order chi connectivity index (χ1) is 9.17. The summed E-state index contributed by atoms with van der Waals surface area (Å²) in [5.74, 6) is 0.911. The highest BCUT2D eigenvalue weighted by Gasteiger charge is 2.43. The van der Waals surface area contributed by atoms with E-state index in [2.05, 4.69) is 4.99 Å². The summed E-state index contributed by atoms with van der Waals surface area (Å²) in [6.45, 7) is 10.7. The van der Waals surface area contributed by atoms with Crippen LogP contribution in [0.15, 0.2) is 4.99 Å². The highest BCUT2D eigenvalue weighted by atomic mass is 16.6. The van der Waals surface area contributed by atoms with Gasteiger partial charge in [0.05, 0.1) is 19.1 Å². The molecule has 0 aromatic rings. The molecule has 2 heterocycles. The van der Waals surface area contributed by atoms with Crippen LogP contribution in [0.2, 0.25) is 0 Å². The summed E-state index contributed by atoms with van der Waals surface area (Å²) in [5.41, 5.74) is 5.56. The summed E-state index contributed by atoms with van der Waals surface area (Å²) in [4.78, 5) is 18.2. The predicted octanol–water partition coefficient (Wildman–Crippen LogP) is 1.39. The third-order valence-electron chi connectivity index (χ3n) is 3.46. The first-order valence-corrected chi connectivity index (χ1v) is 7.15. The lowest BCUT2D eigenvalue weighted by Crippen LogP contribution is -2.39. The molecule has 2 aliphatic rings. The number of likely N-dealkylation sites (tertiary alicyclic amines) is 1. The van der Waals surface area contributed by atoms with Gasteiger partial charge in [-0.3, -0.25) is 0 Å². The molecule has 0 spiro atoms. The van der Waals surface area contributed by atoms with E-state index >= 15 is 0 Å². The van der Waals surface area contributed by atoms with Gasteiger partial charge >= 0.3 is 6.09 Å². The zero-order valence-corrected chi connectivity index (χ0v) is 12.9. The first kappa shape index (κ1) is 15.1. The highest BCUT2D eigenvalue weighted by molar-refractivity contribution is 5.84. The molecule has 3 atom stereocenters. The number of amides is 1. The SMILES string of the molecule is CC(C)C(N)C1=NC2CN(C(=O)OC(C)(C)C)CC2O1. The molecular formula is C14H25N3O3. The summed E-state index contributed by atoms with van der Waals surface area (Å²) in [6.07, 6.45) is -0.386. The Morgan fingerprint density at radius 2 is 2.10 bits per heavy atom. The molecule has 0 bridgehead atoms. The van der Waals surface area contributed by atoms with Crippen LogP contribution in [0.25, 0.3) is 0 Å². The number of aliphatic imine (C=N–C) groups is 1. The molecule has 0 aromatic heterocycles. The minimum Gasteiger partial charge on any atom is -0.472 e. The van der Waals surface area contributed by atoms with Crippen LogP contribution >= 0.6 is 0 Å². The Morgan fingerprint density at radius 1 is 1.45 bits per heavy atom. The van der Waals surface area contributed by atoms with Gasteiger partial charge in [-0.25, -0.2) is 9.79 Å². The summed E-state index contributed by atoms with van der Waals surface area (Å²) >= 11 is 0. The molecule has 2 N–H and O–H groups in total. The quantitative estimate of drug-likeness (QED) is 0.830. The normalized spacial score (nSPS) is 27.1. The van der Waals surface area contributed by atoms with Crippen molar-refractivity contribution in [2.75, 3.05) is 13.1 Å². The number of fused-ring (bicyclic) bond motifs is 1. The molecule has 0 saturated carbocycles. The lowest BCUT2D eigenvalue weighted by molar-refractivity contribution is 0.0270. The van der Waals surface area contributed by atoms with Crippen LogP contribution < -0.4 is 5.73 Å². The fourth-order valence-corrected chi connectivity index (χ4v) is 2.27. The topological polar surface area (TPSA) is 77.2 Å². The Labute approximate surface area is 120 Å². The number of carbonyl (C=O) groups is 1. The Morgan fingerprint density at radius 3 is 2.60 bits per heavy atom. The third-order valence-corrected chi connectivity index (χ3v) is 3.46. The number of nitrogens with two attached hydrogens (primary N) is 1. The molecule has 6 nitrogen and oxygen atoms in total. The molecular weight excluding hydrogens is 258 g/mol. The monoisotopic (exact) mass is 283 g/mol. The van der Waals surface area contributed by atoms with Crippen molar-refractivity contribution >= 4 is 12.0 Å². The Bertz CT molecular complexity index is 414. The van der Waals surface area contributed by atoms with Gasteiger partial charge in [-0.05, 0) is 26.7 Å². The number of hydrogen-bond acceptors (Lipinski definition) is 5. The van der Waals surface area contributed by atoms with E-state index in [9.17, 15) is 4.79 Å². The molecule has 1 fully saturated rings. The smallest absolute Gasteiger partial charge is 0.410 e. The summed E-state index contributed by atoms with van der Waals surface area (Å²) in [7, 11) is 0. The Balaban J connectivity index is 1.94. The van der Waals surface area contributed by atoms with Gasteiger partial charge in [0.25, 0.3) is 0 Å². The molecule has 2 rings (SSSR count). The van der Waals surface area contributed by atoms with E-state index in [0.29, 0.717) is 19.0 Å². The second kappa shape index (κ2) is 5.24. The molecule has 2 aliphatic heterocycles. The standard InChI is InChI=1S/C14H25N3O3/c1-8(2)11(15)12-16-9-6-17(7-10(9)19-12)13(18)20-14(3,4)5/h8-11H,6-7,15H2,1-5H3. The molecule has 0 aliphatic carbocycles. The number of ether oxygens (including phenoxy) is 2. The van der Waals surface area contributed by atoms with Crippen LogP contribution in [0.3, 0.4) is 0 Å². The van der Waals surface area contributed by atoms with Crippen molar-refractivity contribution < 1.29 is 14.3 Å². The maximum absolute atomic E-state index is 12.0.